The predicted molar refractivity (Wildman–Crippen MR) is 114 cm³/mol. The molecule has 1 saturated heterocycles. The number of nitrogens with zero attached hydrogens (tertiary/aromatic N) is 4. The van der Waals surface area contributed by atoms with Crippen molar-refractivity contribution < 1.29 is 4.79 Å². The summed E-state index contributed by atoms with van der Waals surface area (Å²) < 4.78 is 1.68. The summed E-state index contributed by atoms with van der Waals surface area (Å²) in [6.07, 6.45) is 5.22. The van der Waals surface area contributed by atoms with E-state index in [2.05, 4.69) is 20.2 Å². The Kier molecular flexibility index (Phi) is 5.55. The molecule has 0 radical (unpaired) electrons. The molecular weight excluding hydrogens is 366 g/mol. The van der Waals surface area contributed by atoms with E-state index in [1.54, 1.807) is 16.8 Å². The summed E-state index contributed by atoms with van der Waals surface area (Å²) in [7, 11) is 0. The number of carbonyl (C=O) groups excluding carboxylic acids is 1. The first-order valence-electron chi connectivity index (χ1n) is 10.1. The second kappa shape index (κ2) is 8.43. The van der Waals surface area contributed by atoms with E-state index in [4.69, 9.17) is 0 Å². The molecule has 150 valence electrons. The lowest BCUT2D eigenvalue weighted by atomic mass is 10.1. The van der Waals surface area contributed by atoms with Crippen LogP contribution in [0.15, 0.2) is 47.4 Å². The quantitative estimate of drug-likeness (QED) is 0.723. The fourth-order valence-corrected chi connectivity index (χ4v) is 3.67. The van der Waals surface area contributed by atoms with Gasteiger partial charge in [0.05, 0.1) is 11.0 Å². The van der Waals surface area contributed by atoms with E-state index in [1.807, 2.05) is 37.3 Å². The van der Waals surface area contributed by atoms with Crippen LogP contribution < -0.4 is 15.8 Å². The van der Waals surface area contributed by atoms with Gasteiger partial charge in [0, 0.05) is 32.3 Å². The van der Waals surface area contributed by atoms with Crippen LogP contribution in [0, 0.1) is 6.92 Å². The lowest BCUT2D eigenvalue weighted by Gasteiger charge is -2.27. The van der Waals surface area contributed by atoms with E-state index < -0.39 is 0 Å². The first-order chi connectivity index (χ1) is 14.1. The van der Waals surface area contributed by atoms with Crippen molar-refractivity contribution in [2.75, 3.05) is 23.3 Å². The number of hydrogen-bond acceptors (Lipinski definition) is 5. The minimum atomic E-state index is -0.173. The highest BCUT2D eigenvalue weighted by Gasteiger charge is 2.19. The maximum absolute atomic E-state index is 13.2. The topological polar surface area (TPSA) is 80.1 Å². The molecule has 4 rings (SSSR count). The Hall–Kier alpha value is -3.22. The first-order valence-corrected chi connectivity index (χ1v) is 10.1. The normalized spacial score (nSPS) is 14.2. The van der Waals surface area contributed by atoms with Crippen LogP contribution >= 0.6 is 0 Å². The summed E-state index contributed by atoms with van der Waals surface area (Å²) >= 11 is 0. The van der Waals surface area contributed by atoms with Crippen molar-refractivity contribution in [2.45, 2.75) is 39.2 Å². The van der Waals surface area contributed by atoms with Gasteiger partial charge in [-0.15, -0.1) is 0 Å². The Morgan fingerprint density at radius 2 is 1.90 bits per heavy atom. The molecule has 0 saturated carbocycles. The first kappa shape index (κ1) is 19.1. The summed E-state index contributed by atoms with van der Waals surface area (Å²) in [6, 6.07) is 11.3. The van der Waals surface area contributed by atoms with Crippen molar-refractivity contribution in [3.63, 3.8) is 0 Å². The van der Waals surface area contributed by atoms with Gasteiger partial charge in [-0.3, -0.25) is 9.59 Å². The Labute approximate surface area is 169 Å². The van der Waals surface area contributed by atoms with Gasteiger partial charge in [-0.1, -0.05) is 18.2 Å². The maximum atomic E-state index is 13.2. The molecule has 0 unspecified atom stereocenters. The third-order valence-corrected chi connectivity index (χ3v) is 5.23. The Balaban J connectivity index is 1.58. The van der Waals surface area contributed by atoms with Gasteiger partial charge in [-0.25, -0.2) is 9.97 Å². The van der Waals surface area contributed by atoms with E-state index in [0.29, 0.717) is 18.2 Å². The molecule has 0 atom stereocenters. The van der Waals surface area contributed by atoms with Crippen LogP contribution in [0.1, 0.15) is 31.2 Å². The molecule has 3 heterocycles. The van der Waals surface area contributed by atoms with Gasteiger partial charge in [0.25, 0.3) is 5.56 Å². The SMILES string of the molecule is Cc1ccc(NC(=O)CCn2c(=O)c(N3CCCCC3)nc3ccccc32)nc1. The highest BCUT2D eigenvalue weighted by atomic mass is 16.2. The van der Waals surface area contributed by atoms with Crippen LogP contribution in [0.3, 0.4) is 0 Å². The number of para-hydroxylation sites is 2. The number of nitrogens with one attached hydrogen (secondary N) is 1. The van der Waals surface area contributed by atoms with Crippen molar-refractivity contribution in [1.29, 1.82) is 0 Å². The molecule has 0 spiro atoms. The van der Waals surface area contributed by atoms with Crippen LogP contribution in [0.25, 0.3) is 11.0 Å². The molecular formula is C22H25N5O2. The zero-order chi connectivity index (χ0) is 20.2. The second-order valence-electron chi connectivity index (χ2n) is 7.45. The van der Waals surface area contributed by atoms with Gasteiger partial charge in [-0.2, -0.15) is 0 Å². The third kappa shape index (κ3) is 4.29. The highest BCUT2D eigenvalue weighted by Crippen LogP contribution is 2.18. The molecule has 0 bridgehead atoms. The molecule has 1 aliphatic heterocycles. The number of aromatic nitrogens is 3. The minimum absolute atomic E-state index is 0.133. The molecule has 2 aromatic heterocycles. The number of rotatable bonds is 5. The van der Waals surface area contributed by atoms with Gasteiger partial charge >= 0.3 is 0 Å². The summed E-state index contributed by atoms with van der Waals surface area (Å²) in [5.74, 6) is 0.833. The van der Waals surface area contributed by atoms with Crippen LogP contribution in [-0.2, 0) is 11.3 Å². The van der Waals surface area contributed by atoms with Crippen molar-refractivity contribution >= 4 is 28.6 Å². The zero-order valence-corrected chi connectivity index (χ0v) is 16.6. The van der Waals surface area contributed by atoms with Gasteiger partial charge in [0.15, 0.2) is 5.82 Å². The van der Waals surface area contributed by atoms with E-state index in [-0.39, 0.29) is 17.9 Å². The van der Waals surface area contributed by atoms with Crippen LogP contribution in [0.4, 0.5) is 11.6 Å². The Bertz CT molecular complexity index is 1070. The number of piperidine rings is 1. The predicted octanol–water partition coefficient (Wildman–Crippen LogP) is 3.12. The maximum Gasteiger partial charge on any atom is 0.294 e. The van der Waals surface area contributed by atoms with Crippen molar-refractivity contribution in [1.82, 2.24) is 14.5 Å². The average molecular weight is 391 g/mol. The smallest absolute Gasteiger partial charge is 0.294 e. The molecule has 1 fully saturated rings. The van der Waals surface area contributed by atoms with Gasteiger partial charge in [0.1, 0.15) is 5.82 Å². The average Bonchev–Trinajstić information content (AvgIpc) is 2.75. The molecule has 7 heteroatoms. The molecule has 29 heavy (non-hydrogen) atoms. The lowest BCUT2D eigenvalue weighted by Crippen LogP contribution is -2.37. The number of carbonyl (C=O) groups is 1. The number of amides is 1. The lowest BCUT2D eigenvalue weighted by molar-refractivity contribution is -0.116. The van der Waals surface area contributed by atoms with Gasteiger partial charge in [0.2, 0.25) is 5.91 Å². The second-order valence-corrected chi connectivity index (χ2v) is 7.45. The van der Waals surface area contributed by atoms with E-state index in [9.17, 15) is 9.59 Å². The zero-order valence-electron chi connectivity index (χ0n) is 16.6. The minimum Gasteiger partial charge on any atom is -0.352 e. The summed E-state index contributed by atoms with van der Waals surface area (Å²) in [5.41, 5.74) is 2.42. The van der Waals surface area contributed by atoms with E-state index in [1.165, 1.54) is 6.42 Å². The van der Waals surface area contributed by atoms with Gasteiger partial charge in [-0.05, 0) is 49.9 Å². The number of fused-ring (bicyclic) bond motifs is 1. The summed E-state index contributed by atoms with van der Waals surface area (Å²) in [5, 5.41) is 2.79. The molecule has 3 aromatic rings. The molecule has 7 nitrogen and oxygen atoms in total. The number of aryl methyl sites for hydroxylation is 2. The summed E-state index contributed by atoms with van der Waals surface area (Å²) in [4.78, 5) is 36.5. The monoisotopic (exact) mass is 391 g/mol. The fourth-order valence-electron chi connectivity index (χ4n) is 3.67. The van der Waals surface area contributed by atoms with Crippen molar-refractivity contribution in [2.24, 2.45) is 0 Å². The molecule has 1 aliphatic rings. The summed E-state index contributed by atoms with van der Waals surface area (Å²) in [6.45, 7) is 3.93. The van der Waals surface area contributed by atoms with Crippen LogP contribution in [-0.4, -0.2) is 33.5 Å². The van der Waals surface area contributed by atoms with Crippen LogP contribution in [0.2, 0.25) is 0 Å². The molecule has 1 N–H and O–H groups in total. The van der Waals surface area contributed by atoms with Gasteiger partial charge < -0.3 is 14.8 Å². The molecule has 0 aliphatic carbocycles. The third-order valence-electron chi connectivity index (χ3n) is 5.23. The fraction of sp³-hybridized carbons (Fsp3) is 0.364. The number of pyridine rings is 1. The van der Waals surface area contributed by atoms with E-state index >= 15 is 0 Å². The highest BCUT2D eigenvalue weighted by molar-refractivity contribution is 5.89. The Morgan fingerprint density at radius 3 is 2.66 bits per heavy atom. The van der Waals surface area contributed by atoms with Crippen molar-refractivity contribution in [3.8, 4) is 0 Å². The number of hydrogen-bond donors (Lipinski definition) is 1. The van der Waals surface area contributed by atoms with E-state index in [0.717, 1.165) is 42.5 Å². The molecule has 1 amide bonds. The largest absolute Gasteiger partial charge is 0.352 e. The van der Waals surface area contributed by atoms with Crippen LogP contribution in [0.5, 0.6) is 0 Å². The standard InChI is InChI=1S/C22H25N5O2/c1-16-9-10-19(23-15-16)25-20(28)11-14-27-18-8-4-3-7-17(18)24-21(22(27)29)26-12-5-2-6-13-26/h3-4,7-10,15H,2,5-6,11-14H2,1H3,(H,23,25,28). The number of anilines is 2. The van der Waals surface area contributed by atoms with Crippen molar-refractivity contribution in [3.05, 3.63) is 58.5 Å². The Morgan fingerprint density at radius 1 is 1.10 bits per heavy atom. The molecule has 1 aromatic carbocycles. The number of benzene rings is 1.